The van der Waals surface area contributed by atoms with E-state index in [0.717, 1.165) is 0 Å². The van der Waals surface area contributed by atoms with Crippen LogP contribution < -0.4 is 0 Å². The van der Waals surface area contributed by atoms with E-state index in [1.165, 1.54) is 7.11 Å². The van der Waals surface area contributed by atoms with Crippen LogP contribution in [0.2, 0.25) is 0 Å². The van der Waals surface area contributed by atoms with Gasteiger partial charge in [-0.15, -0.1) is 0 Å². The molecule has 0 amide bonds. The molecule has 7 nitrogen and oxygen atoms in total. The summed E-state index contributed by atoms with van der Waals surface area (Å²) in [4.78, 5) is 38.9. The van der Waals surface area contributed by atoms with Crippen LogP contribution in [0, 0.1) is 0 Å². The fraction of sp³-hybridized carbons (Fsp3) is 0.800. The number of hydrogen-bond acceptors (Lipinski definition) is 5. The topological polar surface area (TPSA) is 110 Å². The number of carbonyl (C=O) groups excluding carboxylic acids is 2. The van der Waals surface area contributed by atoms with E-state index in [2.05, 4.69) is 4.74 Å². The second-order valence-corrected chi connectivity index (χ2v) is 5.55. The van der Waals surface area contributed by atoms with Gasteiger partial charge in [-0.2, -0.15) is 0 Å². The van der Waals surface area contributed by atoms with Crippen LogP contribution in [0.3, 0.4) is 0 Å². The number of carbonyl (C=O) groups is 2. The Balaban J connectivity index is 3.38. The summed E-state index contributed by atoms with van der Waals surface area (Å²) in [5.41, 5.74) is 0. The van der Waals surface area contributed by atoms with Crippen molar-refractivity contribution < 1.29 is 33.4 Å². The van der Waals surface area contributed by atoms with E-state index in [1.807, 2.05) is 0 Å². The molecule has 0 bridgehead atoms. The van der Waals surface area contributed by atoms with Gasteiger partial charge in [0.05, 0.1) is 13.7 Å². The molecule has 0 aromatic heterocycles. The van der Waals surface area contributed by atoms with Gasteiger partial charge < -0.3 is 19.3 Å². The molecule has 0 fully saturated rings. The minimum absolute atomic E-state index is 0.116. The van der Waals surface area contributed by atoms with Crippen molar-refractivity contribution in [2.45, 2.75) is 32.1 Å². The van der Waals surface area contributed by atoms with Gasteiger partial charge in [0, 0.05) is 6.16 Å². The Morgan fingerprint density at radius 2 is 1.67 bits per heavy atom. The van der Waals surface area contributed by atoms with Crippen molar-refractivity contribution >= 4 is 19.5 Å². The van der Waals surface area contributed by atoms with Crippen LogP contribution in [0.4, 0.5) is 0 Å². The summed E-state index contributed by atoms with van der Waals surface area (Å²) in [7, 11) is -2.70. The molecule has 0 rings (SSSR count). The van der Waals surface area contributed by atoms with Crippen molar-refractivity contribution in [3.05, 3.63) is 0 Å². The average molecular weight is 282 g/mol. The van der Waals surface area contributed by atoms with Crippen LogP contribution in [0.15, 0.2) is 0 Å². The smallest absolute Gasteiger partial charge is 0.325 e. The summed E-state index contributed by atoms with van der Waals surface area (Å²) in [5, 5.41) is 0. The van der Waals surface area contributed by atoms with Crippen molar-refractivity contribution in [1.29, 1.82) is 0 Å². The van der Waals surface area contributed by atoms with E-state index < -0.39 is 26.0 Å². The zero-order chi connectivity index (χ0) is 14.0. The third kappa shape index (κ3) is 11.6. The lowest BCUT2D eigenvalue weighted by Gasteiger charge is -2.05. The third-order valence-corrected chi connectivity index (χ3v) is 3.02. The fourth-order valence-corrected chi connectivity index (χ4v) is 1.84. The van der Waals surface area contributed by atoms with Crippen LogP contribution in [-0.4, -0.2) is 41.6 Å². The van der Waals surface area contributed by atoms with Crippen molar-refractivity contribution in [2.75, 3.05) is 19.9 Å². The first kappa shape index (κ1) is 17.1. The monoisotopic (exact) mass is 282 g/mol. The van der Waals surface area contributed by atoms with E-state index in [4.69, 9.17) is 14.5 Å². The van der Waals surface area contributed by atoms with E-state index in [0.29, 0.717) is 25.7 Å². The lowest BCUT2D eigenvalue weighted by Crippen LogP contribution is -2.12. The summed E-state index contributed by atoms with van der Waals surface area (Å²) in [6.07, 6.45) is 1.92. The molecule has 0 saturated carbocycles. The first-order valence-electron chi connectivity index (χ1n) is 5.62. The highest BCUT2D eigenvalue weighted by molar-refractivity contribution is 7.51. The van der Waals surface area contributed by atoms with Gasteiger partial charge in [0.1, 0.15) is 6.42 Å². The molecule has 0 aromatic carbocycles. The predicted molar refractivity (Wildman–Crippen MR) is 63.0 cm³/mol. The minimum atomic E-state index is -3.89. The molecule has 106 valence electrons. The summed E-state index contributed by atoms with van der Waals surface area (Å²) in [6, 6.07) is 0. The molecule has 2 N–H and O–H groups in total. The summed E-state index contributed by atoms with van der Waals surface area (Å²) >= 11 is 0. The van der Waals surface area contributed by atoms with Crippen molar-refractivity contribution in [1.82, 2.24) is 0 Å². The van der Waals surface area contributed by atoms with Crippen LogP contribution in [-0.2, 0) is 23.6 Å². The maximum absolute atomic E-state index is 11.0. The van der Waals surface area contributed by atoms with E-state index in [-0.39, 0.29) is 12.8 Å². The van der Waals surface area contributed by atoms with Crippen LogP contribution >= 0.6 is 7.60 Å². The second-order valence-electron chi connectivity index (χ2n) is 3.78. The Morgan fingerprint density at radius 1 is 1.06 bits per heavy atom. The molecule has 18 heavy (non-hydrogen) atoms. The molecule has 0 aliphatic rings. The predicted octanol–water partition coefficient (Wildman–Crippen LogP) is 0.831. The van der Waals surface area contributed by atoms with Crippen LogP contribution in [0.5, 0.6) is 0 Å². The quantitative estimate of drug-likeness (QED) is 0.279. The molecule has 8 heteroatoms. The Bertz CT molecular complexity index is 309. The molecular weight excluding hydrogens is 263 g/mol. The van der Waals surface area contributed by atoms with Gasteiger partial charge in [-0.05, 0) is 12.8 Å². The first-order chi connectivity index (χ1) is 8.35. The summed E-state index contributed by atoms with van der Waals surface area (Å²) in [6.45, 7) is 0.200. The standard InChI is InChI=1S/C10H19O7P/c1-16-9(11)8-10(12)17-6-4-2-3-5-7-18(13,14)15/h2-8H2,1H3,(H2,13,14,15). The molecule has 0 aliphatic carbocycles. The Morgan fingerprint density at radius 3 is 2.22 bits per heavy atom. The van der Waals surface area contributed by atoms with Crippen molar-refractivity contribution in [3.8, 4) is 0 Å². The molecule has 0 atom stereocenters. The highest BCUT2D eigenvalue weighted by atomic mass is 31.2. The minimum Gasteiger partial charge on any atom is -0.469 e. The number of unbranched alkanes of at least 4 members (excludes halogenated alkanes) is 3. The Kier molecular flexibility index (Phi) is 8.62. The van der Waals surface area contributed by atoms with Gasteiger partial charge in [0.2, 0.25) is 0 Å². The van der Waals surface area contributed by atoms with E-state index in [1.54, 1.807) is 0 Å². The lowest BCUT2D eigenvalue weighted by atomic mass is 10.2. The maximum atomic E-state index is 11.0. The Labute approximate surface area is 106 Å². The number of hydrogen-bond donors (Lipinski definition) is 2. The molecule has 0 heterocycles. The lowest BCUT2D eigenvalue weighted by molar-refractivity contribution is -0.153. The first-order valence-corrected chi connectivity index (χ1v) is 7.42. The molecule has 0 aromatic rings. The van der Waals surface area contributed by atoms with Crippen molar-refractivity contribution in [2.24, 2.45) is 0 Å². The normalized spacial score (nSPS) is 11.1. The largest absolute Gasteiger partial charge is 0.469 e. The fourth-order valence-electron chi connectivity index (χ4n) is 1.20. The number of esters is 2. The van der Waals surface area contributed by atoms with E-state index in [9.17, 15) is 14.2 Å². The van der Waals surface area contributed by atoms with Gasteiger partial charge in [0.25, 0.3) is 0 Å². The maximum Gasteiger partial charge on any atom is 0.325 e. The molecule has 0 unspecified atom stereocenters. The molecule has 0 radical (unpaired) electrons. The molecule has 0 spiro atoms. The molecule has 0 saturated heterocycles. The van der Waals surface area contributed by atoms with Crippen LogP contribution in [0.1, 0.15) is 32.1 Å². The molecule has 0 aliphatic heterocycles. The highest BCUT2D eigenvalue weighted by Crippen LogP contribution is 2.35. The summed E-state index contributed by atoms with van der Waals surface area (Å²) in [5.74, 6) is -1.27. The number of rotatable bonds is 9. The highest BCUT2D eigenvalue weighted by Gasteiger charge is 2.12. The second kappa shape index (κ2) is 9.08. The van der Waals surface area contributed by atoms with E-state index >= 15 is 0 Å². The van der Waals surface area contributed by atoms with Crippen molar-refractivity contribution in [3.63, 3.8) is 0 Å². The van der Waals surface area contributed by atoms with Gasteiger partial charge in [0.15, 0.2) is 0 Å². The molecular formula is C10H19O7P. The SMILES string of the molecule is COC(=O)CC(=O)OCCCCCCP(=O)(O)O. The zero-order valence-corrected chi connectivity index (χ0v) is 11.2. The van der Waals surface area contributed by atoms with Crippen LogP contribution in [0.25, 0.3) is 0 Å². The van der Waals surface area contributed by atoms with Gasteiger partial charge in [-0.1, -0.05) is 12.8 Å². The zero-order valence-electron chi connectivity index (χ0n) is 10.3. The van der Waals surface area contributed by atoms with Gasteiger partial charge in [-0.3, -0.25) is 14.2 Å². The Hall–Kier alpha value is -0.910. The number of ether oxygens (including phenoxy) is 2. The number of methoxy groups -OCH3 is 1. The van der Waals surface area contributed by atoms with Gasteiger partial charge in [-0.25, -0.2) is 0 Å². The van der Waals surface area contributed by atoms with Gasteiger partial charge >= 0.3 is 19.5 Å². The third-order valence-electron chi connectivity index (χ3n) is 2.12. The average Bonchev–Trinajstić information content (AvgIpc) is 2.26. The summed E-state index contributed by atoms with van der Waals surface area (Å²) < 4.78 is 19.6.